The maximum atomic E-state index is 13.9. The summed E-state index contributed by atoms with van der Waals surface area (Å²) in [6, 6.07) is 13.9. The van der Waals surface area contributed by atoms with Gasteiger partial charge in [-0.05, 0) is 36.4 Å². The highest BCUT2D eigenvalue weighted by molar-refractivity contribution is 5.76. The number of nitrogens with one attached hydrogen (secondary N) is 2. The Morgan fingerprint density at radius 2 is 1.75 bits per heavy atom. The van der Waals surface area contributed by atoms with Crippen LogP contribution in [0, 0.1) is 5.82 Å². The molecule has 4 aromatic rings. The van der Waals surface area contributed by atoms with Crippen molar-refractivity contribution < 1.29 is 9.13 Å². The zero-order valence-corrected chi connectivity index (χ0v) is 14.8. The molecule has 0 amide bonds. The molecule has 8 heteroatoms. The molecule has 7 nitrogen and oxygen atoms in total. The van der Waals surface area contributed by atoms with Crippen molar-refractivity contribution in [1.82, 2.24) is 19.5 Å². The molecule has 0 spiro atoms. The quantitative estimate of drug-likeness (QED) is 0.525. The second kappa shape index (κ2) is 7.91. The van der Waals surface area contributed by atoms with Crippen LogP contribution >= 0.6 is 0 Å². The van der Waals surface area contributed by atoms with Gasteiger partial charge in [0.25, 0.3) is 0 Å². The number of aromatic nitrogens is 4. The Labute approximate surface area is 162 Å². The van der Waals surface area contributed by atoms with Gasteiger partial charge in [-0.3, -0.25) is 4.57 Å². The minimum absolute atomic E-state index is 0. The van der Waals surface area contributed by atoms with Crippen LogP contribution in [0.25, 0.3) is 11.2 Å². The van der Waals surface area contributed by atoms with Crippen molar-refractivity contribution in [3.05, 3.63) is 60.5 Å². The van der Waals surface area contributed by atoms with E-state index in [1.807, 2.05) is 31.3 Å². The lowest BCUT2D eigenvalue weighted by molar-refractivity contribution is 0.415. The Hall–Kier alpha value is -3.68. The molecule has 0 atom stereocenters. The van der Waals surface area contributed by atoms with Crippen molar-refractivity contribution in [3.8, 4) is 5.75 Å². The van der Waals surface area contributed by atoms with E-state index in [2.05, 4.69) is 25.6 Å². The number of nitrogens with zero attached hydrogens (tertiary/aromatic N) is 4. The Kier molecular flexibility index (Phi) is 5.39. The minimum atomic E-state index is -0.350. The largest absolute Gasteiger partial charge is 0.497 e. The van der Waals surface area contributed by atoms with Crippen LogP contribution in [-0.4, -0.2) is 26.6 Å². The Morgan fingerprint density at radius 1 is 1.00 bits per heavy atom. The number of rotatable bonds is 5. The van der Waals surface area contributed by atoms with E-state index in [9.17, 15) is 4.39 Å². The Bertz CT molecular complexity index is 1090. The monoisotopic (exact) mass is 380 g/mol. The van der Waals surface area contributed by atoms with Gasteiger partial charge in [0.15, 0.2) is 5.65 Å². The van der Waals surface area contributed by atoms with E-state index < -0.39 is 0 Å². The van der Waals surface area contributed by atoms with Crippen LogP contribution in [-0.2, 0) is 7.05 Å². The van der Waals surface area contributed by atoms with Gasteiger partial charge in [-0.2, -0.15) is 4.98 Å². The van der Waals surface area contributed by atoms with Crippen LogP contribution in [0.2, 0.25) is 0 Å². The molecule has 0 aliphatic heterocycles. The van der Waals surface area contributed by atoms with Gasteiger partial charge < -0.3 is 15.4 Å². The first-order chi connectivity index (χ1) is 13.1. The zero-order chi connectivity index (χ0) is 18.8. The topological polar surface area (TPSA) is 76.9 Å². The lowest BCUT2D eigenvalue weighted by atomic mass is 10.3. The van der Waals surface area contributed by atoms with Crippen molar-refractivity contribution >= 4 is 34.4 Å². The van der Waals surface area contributed by atoms with E-state index in [0.29, 0.717) is 28.7 Å². The smallest absolute Gasteiger partial charge is 0.229 e. The lowest BCUT2D eigenvalue weighted by Crippen LogP contribution is -2.02. The number of methoxy groups -OCH3 is 1. The van der Waals surface area contributed by atoms with Gasteiger partial charge in [-0.25, -0.2) is 14.4 Å². The highest BCUT2D eigenvalue weighted by Crippen LogP contribution is 2.23. The molecule has 0 radical (unpaired) electrons. The molecule has 144 valence electrons. The molecule has 0 bridgehead atoms. The van der Waals surface area contributed by atoms with E-state index >= 15 is 0 Å². The highest BCUT2D eigenvalue weighted by Gasteiger charge is 2.12. The van der Waals surface area contributed by atoms with Gasteiger partial charge >= 0.3 is 0 Å². The fraction of sp³-hybridized carbons (Fsp3) is 0.150. The van der Waals surface area contributed by atoms with Gasteiger partial charge in [0, 0.05) is 12.7 Å². The van der Waals surface area contributed by atoms with Gasteiger partial charge in [0.05, 0.1) is 19.0 Å². The number of para-hydroxylation sites is 1. The number of anilines is 4. The summed E-state index contributed by atoms with van der Waals surface area (Å²) in [5.41, 5.74) is 2.42. The second-order valence-electron chi connectivity index (χ2n) is 5.86. The molecule has 2 aromatic heterocycles. The maximum absolute atomic E-state index is 13.9. The zero-order valence-electron chi connectivity index (χ0n) is 14.8. The summed E-state index contributed by atoms with van der Waals surface area (Å²) in [6.07, 6.45) is 1.63. The lowest BCUT2D eigenvalue weighted by Gasteiger charge is -2.07. The van der Waals surface area contributed by atoms with Crippen LogP contribution in [0.3, 0.4) is 0 Å². The molecular weight excluding hydrogens is 359 g/mol. The van der Waals surface area contributed by atoms with E-state index in [-0.39, 0.29) is 13.2 Å². The summed E-state index contributed by atoms with van der Waals surface area (Å²) in [5, 5.41) is 6.13. The summed E-state index contributed by atoms with van der Waals surface area (Å²) in [7, 11) is 3.43. The van der Waals surface area contributed by atoms with Crippen LogP contribution in [0.15, 0.2) is 54.7 Å². The van der Waals surface area contributed by atoms with Crippen molar-refractivity contribution in [2.45, 2.75) is 7.43 Å². The maximum Gasteiger partial charge on any atom is 0.229 e. The first kappa shape index (κ1) is 19.1. The molecular formula is C20H21FN6O. The predicted molar refractivity (Wildman–Crippen MR) is 109 cm³/mol. The molecule has 0 saturated carbocycles. The molecule has 0 unspecified atom stereocenters. The van der Waals surface area contributed by atoms with Gasteiger partial charge in [0.1, 0.15) is 17.1 Å². The van der Waals surface area contributed by atoms with E-state index in [0.717, 1.165) is 11.4 Å². The van der Waals surface area contributed by atoms with Crippen LogP contribution < -0.4 is 15.4 Å². The van der Waals surface area contributed by atoms with Crippen LogP contribution in [0.4, 0.5) is 27.7 Å². The summed E-state index contributed by atoms with van der Waals surface area (Å²) in [6.45, 7) is 0. The SMILES string of the molecule is C.COc1ccc(Nc2ncc3nc(Nc4ccccc4F)n(C)c3n2)cc1. The number of benzene rings is 2. The Morgan fingerprint density at radius 3 is 2.46 bits per heavy atom. The number of aryl methyl sites for hydroxylation is 1. The third kappa shape index (κ3) is 3.71. The fourth-order valence-corrected chi connectivity index (χ4v) is 2.64. The van der Waals surface area contributed by atoms with Crippen LogP contribution in [0.1, 0.15) is 7.43 Å². The molecule has 4 rings (SSSR count). The average molecular weight is 380 g/mol. The third-order valence-electron chi connectivity index (χ3n) is 4.08. The molecule has 2 N–H and O–H groups in total. The third-order valence-corrected chi connectivity index (χ3v) is 4.08. The van der Waals surface area contributed by atoms with Crippen molar-refractivity contribution in [3.63, 3.8) is 0 Å². The number of hydrogen-bond acceptors (Lipinski definition) is 6. The van der Waals surface area contributed by atoms with Gasteiger partial charge in [-0.15, -0.1) is 0 Å². The number of fused-ring (bicyclic) bond motifs is 1. The van der Waals surface area contributed by atoms with Crippen LogP contribution in [0.5, 0.6) is 5.75 Å². The van der Waals surface area contributed by atoms with E-state index in [1.165, 1.54) is 6.07 Å². The molecule has 0 aliphatic carbocycles. The standard InChI is InChI=1S/C19H17FN6O.CH4/c1-26-17-16(24-19(26)23-15-6-4-3-5-14(15)20)11-21-18(25-17)22-12-7-9-13(27-2)10-8-12;/h3-11H,1-2H3,(H,23,24)(H,21,22,25);1H4. The molecule has 0 aliphatic rings. The second-order valence-corrected chi connectivity index (χ2v) is 5.86. The molecule has 2 heterocycles. The summed E-state index contributed by atoms with van der Waals surface area (Å²) >= 11 is 0. The first-order valence-corrected chi connectivity index (χ1v) is 8.26. The van der Waals surface area contributed by atoms with E-state index in [4.69, 9.17) is 4.74 Å². The van der Waals surface area contributed by atoms with Gasteiger partial charge in [-0.1, -0.05) is 19.6 Å². The molecule has 0 fully saturated rings. The average Bonchev–Trinajstić information content (AvgIpc) is 3.00. The molecule has 28 heavy (non-hydrogen) atoms. The van der Waals surface area contributed by atoms with Crippen molar-refractivity contribution in [2.75, 3.05) is 17.7 Å². The number of halogens is 1. The molecule has 0 saturated heterocycles. The minimum Gasteiger partial charge on any atom is -0.497 e. The number of hydrogen-bond donors (Lipinski definition) is 2. The summed E-state index contributed by atoms with van der Waals surface area (Å²) < 4.78 is 20.8. The highest BCUT2D eigenvalue weighted by atomic mass is 19.1. The predicted octanol–water partition coefficient (Wildman–Crippen LogP) is 4.63. The Balaban J connectivity index is 0.00000225. The number of ether oxygens (including phenoxy) is 1. The molecule has 2 aromatic carbocycles. The summed E-state index contributed by atoms with van der Waals surface area (Å²) in [4.78, 5) is 13.2. The summed E-state index contributed by atoms with van der Waals surface area (Å²) in [5.74, 6) is 1.34. The van der Waals surface area contributed by atoms with Crippen molar-refractivity contribution in [1.29, 1.82) is 0 Å². The van der Waals surface area contributed by atoms with Gasteiger partial charge in [0.2, 0.25) is 11.9 Å². The first-order valence-electron chi connectivity index (χ1n) is 8.26. The van der Waals surface area contributed by atoms with E-state index in [1.54, 1.807) is 36.1 Å². The number of imidazole rings is 1. The fourth-order valence-electron chi connectivity index (χ4n) is 2.64. The van der Waals surface area contributed by atoms with Crippen molar-refractivity contribution in [2.24, 2.45) is 7.05 Å². The normalized spacial score (nSPS) is 10.4.